The number of nitrogens with one attached hydrogen (secondary N) is 1. The first kappa shape index (κ1) is 19.3. The van der Waals surface area contributed by atoms with Crippen molar-refractivity contribution in [3.05, 3.63) is 82.7 Å². The summed E-state index contributed by atoms with van der Waals surface area (Å²) in [6.07, 6.45) is -3.35. The van der Waals surface area contributed by atoms with E-state index in [1.807, 2.05) is 0 Å². The van der Waals surface area contributed by atoms with Gasteiger partial charge in [0.15, 0.2) is 0 Å². The second kappa shape index (κ2) is 7.63. The minimum absolute atomic E-state index is 0.0186. The van der Waals surface area contributed by atoms with Crippen LogP contribution < -0.4 is 10.9 Å². The molecule has 9 heteroatoms. The van der Waals surface area contributed by atoms with Crippen LogP contribution in [0.15, 0.2) is 65.7 Å². The van der Waals surface area contributed by atoms with Crippen molar-refractivity contribution in [2.24, 2.45) is 0 Å². The standard InChI is InChI=1S/C19H13F4N3O2/c20-14-3-1-2-4-15(14)25-17(27)10-26-11-24-16(9-18(26)28)12-5-7-13(8-6-12)19(21,22)23/h1-9,11H,10H2,(H,25,27). The highest BCUT2D eigenvalue weighted by Crippen LogP contribution is 2.30. The van der Waals surface area contributed by atoms with Gasteiger partial charge in [-0.2, -0.15) is 13.2 Å². The van der Waals surface area contributed by atoms with Crippen LogP contribution in [-0.2, 0) is 17.5 Å². The number of rotatable bonds is 4. The molecule has 3 rings (SSSR count). The lowest BCUT2D eigenvalue weighted by atomic mass is 10.1. The summed E-state index contributed by atoms with van der Waals surface area (Å²) in [4.78, 5) is 28.2. The molecule has 0 bridgehead atoms. The van der Waals surface area contributed by atoms with Gasteiger partial charge < -0.3 is 5.32 Å². The number of hydrogen-bond acceptors (Lipinski definition) is 3. The average Bonchev–Trinajstić information content (AvgIpc) is 2.65. The third-order valence-corrected chi connectivity index (χ3v) is 3.85. The molecule has 0 aliphatic heterocycles. The lowest BCUT2D eigenvalue weighted by molar-refractivity contribution is -0.137. The Morgan fingerprint density at radius 1 is 1.07 bits per heavy atom. The SMILES string of the molecule is O=C(Cn1cnc(-c2ccc(C(F)(F)F)cc2)cc1=O)Nc1ccccc1F. The maximum absolute atomic E-state index is 13.5. The summed E-state index contributed by atoms with van der Waals surface area (Å²) in [5.74, 6) is -1.24. The van der Waals surface area contributed by atoms with Gasteiger partial charge in [-0.1, -0.05) is 24.3 Å². The first-order valence-corrected chi connectivity index (χ1v) is 8.02. The number of nitrogens with zero attached hydrogens (tertiary/aromatic N) is 2. The number of hydrogen-bond donors (Lipinski definition) is 1. The van der Waals surface area contributed by atoms with E-state index in [0.29, 0.717) is 5.56 Å². The van der Waals surface area contributed by atoms with Gasteiger partial charge in [0, 0.05) is 11.6 Å². The van der Waals surface area contributed by atoms with E-state index in [1.165, 1.54) is 30.3 Å². The van der Waals surface area contributed by atoms with E-state index >= 15 is 0 Å². The molecule has 0 saturated carbocycles. The highest BCUT2D eigenvalue weighted by molar-refractivity contribution is 5.90. The Hall–Kier alpha value is -3.49. The van der Waals surface area contributed by atoms with Gasteiger partial charge in [-0.15, -0.1) is 0 Å². The van der Waals surface area contributed by atoms with Gasteiger partial charge >= 0.3 is 6.18 Å². The number of benzene rings is 2. The molecule has 1 N–H and O–H groups in total. The normalized spacial score (nSPS) is 11.3. The molecule has 0 aliphatic carbocycles. The van der Waals surface area contributed by atoms with Crippen molar-refractivity contribution >= 4 is 11.6 Å². The molecule has 1 heterocycles. The van der Waals surface area contributed by atoms with Gasteiger partial charge in [0.1, 0.15) is 12.4 Å². The number of para-hydroxylation sites is 1. The lowest BCUT2D eigenvalue weighted by Crippen LogP contribution is -2.27. The van der Waals surface area contributed by atoms with Crippen molar-refractivity contribution in [3.63, 3.8) is 0 Å². The van der Waals surface area contributed by atoms with Crippen molar-refractivity contribution in [1.82, 2.24) is 9.55 Å². The summed E-state index contributed by atoms with van der Waals surface area (Å²) < 4.78 is 52.4. The van der Waals surface area contributed by atoms with Gasteiger partial charge in [-0.05, 0) is 24.3 Å². The van der Waals surface area contributed by atoms with Crippen LogP contribution in [0.2, 0.25) is 0 Å². The van der Waals surface area contributed by atoms with Crippen LogP contribution in [0.5, 0.6) is 0 Å². The number of carbonyl (C=O) groups is 1. The molecule has 0 radical (unpaired) electrons. The van der Waals surface area contributed by atoms with Gasteiger partial charge in [0.05, 0.1) is 23.3 Å². The molecule has 0 spiro atoms. The molecule has 3 aromatic rings. The minimum Gasteiger partial charge on any atom is -0.322 e. The maximum atomic E-state index is 13.5. The highest BCUT2D eigenvalue weighted by Gasteiger charge is 2.30. The molecular formula is C19H13F4N3O2. The van der Waals surface area contributed by atoms with Crippen molar-refractivity contribution in [2.75, 3.05) is 5.32 Å². The number of alkyl halides is 3. The summed E-state index contributed by atoms with van der Waals surface area (Å²) in [7, 11) is 0. The Kier molecular flexibility index (Phi) is 5.25. The summed E-state index contributed by atoms with van der Waals surface area (Å²) >= 11 is 0. The summed E-state index contributed by atoms with van der Waals surface area (Å²) in [5, 5.41) is 2.34. The maximum Gasteiger partial charge on any atom is 0.416 e. The van der Waals surface area contributed by atoms with Crippen molar-refractivity contribution in [1.29, 1.82) is 0 Å². The fraction of sp³-hybridized carbons (Fsp3) is 0.105. The third-order valence-electron chi connectivity index (χ3n) is 3.85. The van der Waals surface area contributed by atoms with Crippen LogP contribution in [0.3, 0.4) is 0 Å². The molecule has 0 unspecified atom stereocenters. The van der Waals surface area contributed by atoms with Crippen molar-refractivity contribution < 1.29 is 22.4 Å². The molecule has 1 amide bonds. The fourth-order valence-electron chi connectivity index (χ4n) is 2.44. The fourth-order valence-corrected chi connectivity index (χ4v) is 2.44. The van der Waals surface area contributed by atoms with Gasteiger partial charge in [-0.25, -0.2) is 9.37 Å². The Morgan fingerprint density at radius 2 is 1.75 bits per heavy atom. The first-order valence-electron chi connectivity index (χ1n) is 8.02. The zero-order valence-corrected chi connectivity index (χ0v) is 14.2. The minimum atomic E-state index is -4.46. The lowest BCUT2D eigenvalue weighted by Gasteiger charge is -2.09. The van der Waals surface area contributed by atoms with Gasteiger partial charge in [-0.3, -0.25) is 14.2 Å². The Bertz CT molecular complexity index is 1060. The monoisotopic (exact) mass is 391 g/mol. The molecule has 0 saturated heterocycles. The Balaban J connectivity index is 1.74. The molecular weight excluding hydrogens is 378 g/mol. The molecule has 0 fully saturated rings. The topological polar surface area (TPSA) is 64.0 Å². The molecule has 0 atom stereocenters. The number of amides is 1. The van der Waals surface area contributed by atoms with Crippen LogP contribution in [0.25, 0.3) is 11.3 Å². The van der Waals surface area contributed by atoms with Gasteiger partial charge in [0.2, 0.25) is 5.91 Å². The van der Waals surface area contributed by atoms with Crippen LogP contribution in [0, 0.1) is 5.82 Å². The van der Waals surface area contributed by atoms with Crippen molar-refractivity contribution in [3.8, 4) is 11.3 Å². The second-order valence-electron chi connectivity index (χ2n) is 5.84. The Labute approximate surface area is 156 Å². The van der Waals surface area contributed by atoms with E-state index in [2.05, 4.69) is 10.3 Å². The zero-order chi connectivity index (χ0) is 20.3. The van der Waals surface area contributed by atoms with Crippen LogP contribution in [-0.4, -0.2) is 15.5 Å². The van der Waals surface area contributed by atoms with Crippen LogP contribution in [0.4, 0.5) is 23.2 Å². The van der Waals surface area contributed by atoms with E-state index in [4.69, 9.17) is 0 Å². The van der Waals surface area contributed by atoms with E-state index in [0.717, 1.165) is 29.1 Å². The van der Waals surface area contributed by atoms with Crippen LogP contribution in [0.1, 0.15) is 5.56 Å². The van der Waals surface area contributed by atoms with E-state index < -0.39 is 35.6 Å². The molecule has 1 aromatic heterocycles. The predicted octanol–water partition coefficient (Wildman–Crippen LogP) is 3.71. The van der Waals surface area contributed by atoms with E-state index in [9.17, 15) is 27.2 Å². The smallest absolute Gasteiger partial charge is 0.322 e. The molecule has 2 aromatic carbocycles. The zero-order valence-electron chi connectivity index (χ0n) is 14.2. The largest absolute Gasteiger partial charge is 0.416 e. The summed E-state index contributed by atoms with van der Waals surface area (Å²) in [6, 6.07) is 10.9. The second-order valence-corrected chi connectivity index (χ2v) is 5.84. The summed E-state index contributed by atoms with van der Waals surface area (Å²) in [6.45, 7) is -0.395. The molecule has 5 nitrogen and oxygen atoms in total. The molecule has 28 heavy (non-hydrogen) atoms. The number of anilines is 1. The number of halogens is 4. The summed E-state index contributed by atoms with van der Waals surface area (Å²) in [5.41, 5.74) is -0.907. The van der Waals surface area contributed by atoms with E-state index in [-0.39, 0.29) is 11.4 Å². The average molecular weight is 391 g/mol. The highest BCUT2D eigenvalue weighted by atomic mass is 19.4. The predicted molar refractivity (Wildman–Crippen MR) is 94.0 cm³/mol. The Morgan fingerprint density at radius 3 is 2.36 bits per heavy atom. The number of carbonyl (C=O) groups excluding carboxylic acids is 1. The van der Waals surface area contributed by atoms with E-state index in [1.54, 1.807) is 6.07 Å². The van der Waals surface area contributed by atoms with Crippen LogP contribution >= 0.6 is 0 Å². The quantitative estimate of drug-likeness (QED) is 0.690. The molecule has 0 aliphatic rings. The van der Waals surface area contributed by atoms with Gasteiger partial charge in [0.25, 0.3) is 5.56 Å². The van der Waals surface area contributed by atoms with Crippen molar-refractivity contribution in [2.45, 2.75) is 12.7 Å². The third kappa shape index (κ3) is 4.43. The first-order chi connectivity index (χ1) is 13.2. The molecule has 144 valence electrons. The number of aromatic nitrogens is 2.